The number of hydrogen-bond donors (Lipinski definition) is 2. The lowest BCUT2D eigenvalue weighted by atomic mass is 10.0. The van der Waals surface area contributed by atoms with Crippen LogP contribution in [0, 0.1) is 5.92 Å². The van der Waals surface area contributed by atoms with Gasteiger partial charge in [0.05, 0.1) is 13.7 Å². The molecule has 0 spiro atoms. The first-order valence-electron chi connectivity index (χ1n) is 7.23. The topological polar surface area (TPSA) is 67.8 Å². The Kier molecular flexibility index (Phi) is 7.02. The zero-order valence-corrected chi connectivity index (χ0v) is 13.2. The van der Waals surface area contributed by atoms with E-state index in [0.29, 0.717) is 31.2 Å². The predicted molar refractivity (Wildman–Crippen MR) is 81.4 cm³/mol. The molecule has 1 rings (SSSR count). The number of esters is 1. The molecule has 118 valence electrons. The average Bonchev–Trinajstić information content (AvgIpc) is 2.45. The van der Waals surface area contributed by atoms with Crippen molar-refractivity contribution in [3.63, 3.8) is 0 Å². The summed E-state index contributed by atoms with van der Waals surface area (Å²) in [6.07, 6.45) is 0.711. The third kappa shape index (κ3) is 5.63. The van der Waals surface area contributed by atoms with Gasteiger partial charge in [-0.25, -0.2) is 0 Å². The molecule has 5 nitrogen and oxygen atoms in total. The van der Waals surface area contributed by atoms with Crippen LogP contribution in [-0.2, 0) is 16.1 Å². The first-order valence-corrected chi connectivity index (χ1v) is 7.23. The summed E-state index contributed by atoms with van der Waals surface area (Å²) in [7, 11) is 1.39. The number of methoxy groups -OCH3 is 1. The number of ether oxygens (including phenoxy) is 2. The van der Waals surface area contributed by atoms with E-state index in [1.165, 1.54) is 7.11 Å². The molecule has 1 aromatic carbocycles. The average molecular weight is 295 g/mol. The number of aromatic hydroxyl groups is 1. The van der Waals surface area contributed by atoms with Crippen molar-refractivity contribution in [1.29, 1.82) is 0 Å². The molecule has 5 heteroatoms. The quantitative estimate of drug-likeness (QED) is 0.721. The van der Waals surface area contributed by atoms with Crippen molar-refractivity contribution in [2.45, 2.75) is 39.8 Å². The number of phenolic OH excluding ortho intramolecular Hbond substituents is 1. The highest BCUT2D eigenvalue weighted by Gasteiger charge is 2.19. The number of nitrogens with one attached hydrogen (secondary N) is 1. The largest absolute Gasteiger partial charge is 0.504 e. The van der Waals surface area contributed by atoms with Gasteiger partial charge in [0.2, 0.25) is 0 Å². The van der Waals surface area contributed by atoms with Gasteiger partial charge in [0.1, 0.15) is 6.04 Å². The second-order valence-electron chi connectivity index (χ2n) is 5.32. The van der Waals surface area contributed by atoms with Gasteiger partial charge in [-0.1, -0.05) is 19.9 Å². The monoisotopic (exact) mass is 295 g/mol. The Bertz CT molecular complexity index is 460. The highest BCUT2D eigenvalue weighted by atomic mass is 16.5. The van der Waals surface area contributed by atoms with Crippen LogP contribution in [-0.4, -0.2) is 30.8 Å². The van der Waals surface area contributed by atoms with E-state index in [4.69, 9.17) is 9.47 Å². The van der Waals surface area contributed by atoms with Gasteiger partial charge in [-0.2, -0.15) is 0 Å². The second-order valence-corrected chi connectivity index (χ2v) is 5.32. The molecule has 0 amide bonds. The van der Waals surface area contributed by atoms with Gasteiger partial charge in [-0.15, -0.1) is 0 Å². The Morgan fingerprint density at radius 3 is 2.67 bits per heavy atom. The van der Waals surface area contributed by atoms with Crippen molar-refractivity contribution in [2.75, 3.05) is 13.7 Å². The molecule has 0 saturated carbocycles. The van der Waals surface area contributed by atoms with Gasteiger partial charge in [-0.3, -0.25) is 4.79 Å². The zero-order chi connectivity index (χ0) is 15.8. The number of hydrogen-bond acceptors (Lipinski definition) is 5. The first-order chi connectivity index (χ1) is 9.97. The lowest BCUT2D eigenvalue weighted by Gasteiger charge is -2.18. The molecule has 21 heavy (non-hydrogen) atoms. The van der Waals surface area contributed by atoms with Gasteiger partial charge < -0.3 is 19.9 Å². The van der Waals surface area contributed by atoms with Crippen LogP contribution in [0.2, 0.25) is 0 Å². The van der Waals surface area contributed by atoms with Crippen molar-refractivity contribution in [1.82, 2.24) is 5.32 Å². The summed E-state index contributed by atoms with van der Waals surface area (Å²) in [6, 6.07) is 4.83. The van der Waals surface area contributed by atoms with Crippen LogP contribution in [0.4, 0.5) is 0 Å². The lowest BCUT2D eigenvalue weighted by molar-refractivity contribution is -0.143. The van der Waals surface area contributed by atoms with Crippen molar-refractivity contribution in [2.24, 2.45) is 5.92 Å². The minimum absolute atomic E-state index is 0.118. The molecular formula is C16H25NO4. The molecule has 2 N–H and O–H groups in total. The summed E-state index contributed by atoms with van der Waals surface area (Å²) in [4.78, 5) is 11.7. The van der Waals surface area contributed by atoms with E-state index in [9.17, 15) is 9.90 Å². The van der Waals surface area contributed by atoms with Crippen LogP contribution in [0.3, 0.4) is 0 Å². The van der Waals surface area contributed by atoms with Crippen LogP contribution < -0.4 is 10.1 Å². The zero-order valence-electron chi connectivity index (χ0n) is 13.2. The normalized spacial score (nSPS) is 12.2. The van der Waals surface area contributed by atoms with Gasteiger partial charge in [0, 0.05) is 6.54 Å². The van der Waals surface area contributed by atoms with Crippen LogP contribution in [0.5, 0.6) is 11.5 Å². The summed E-state index contributed by atoms with van der Waals surface area (Å²) in [6.45, 7) is 6.98. The van der Waals surface area contributed by atoms with Crippen LogP contribution in [0.1, 0.15) is 32.8 Å². The van der Waals surface area contributed by atoms with Crippen LogP contribution in [0.25, 0.3) is 0 Å². The maximum absolute atomic E-state index is 11.7. The number of carbonyl (C=O) groups is 1. The van der Waals surface area contributed by atoms with E-state index in [2.05, 4.69) is 19.2 Å². The number of phenols is 1. The highest BCUT2D eigenvalue weighted by Crippen LogP contribution is 2.26. The third-order valence-electron chi connectivity index (χ3n) is 3.07. The molecule has 0 aliphatic carbocycles. The van der Waals surface area contributed by atoms with Crippen molar-refractivity contribution >= 4 is 5.97 Å². The van der Waals surface area contributed by atoms with Gasteiger partial charge in [-0.05, 0) is 37.0 Å². The molecular weight excluding hydrogens is 270 g/mol. The minimum atomic E-state index is -0.334. The fourth-order valence-electron chi connectivity index (χ4n) is 2.06. The van der Waals surface area contributed by atoms with Crippen LogP contribution >= 0.6 is 0 Å². The lowest BCUT2D eigenvalue weighted by Crippen LogP contribution is -2.38. The molecule has 0 saturated heterocycles. The fraction of sp³-hybridized carbons (Fsp3) is 0.562. The minimum Gasteiger partial charge on any atom is -0.504 e. The van der Waals surface area contributed by atoms with E-state index in [1.807, 2.05) is 6.92 Å². The highest BCUT2D eigenvalue weighted by molar-refractivity contribution is 5.75. The smallest absolute Gasteiger partial charge is 0.322 e. The Morgan fingerprint density at radius 2 is 2.10 bits per heavy atom. The van der Waals surface area contributed by atoms with E-state index in [0.717, 1.165) is 5.56 Å². The molecule has 1 atom stereocenters. The molecule has 1 aromatic rings. The molecule has 0 heterocycles. The fourth-order valence-corrected chi connectivity index (χ4v) is 2.06. The van der Waals surface area contributed by atoms with E-state index in [-0.39, 0.29) is 17.8 Å². The van der Waals surface area contributed by atoms with Gasteiger partial charge >= 0.3 is 5.97 Å². The Morgan fingerprint density at radius 1 is 1.38 bits per heavy atom. The molecule has 1 unspecified atom stereocenters. The third-order valence-corrected chi connectivity index (χ3v) is 3.07. The SMILES string of the molecule is CCOc1cc(CNC(CC(C)C)C(=O)OC)ccc1O. The van der Waals surface area contributed by atoms with Crippen molar-refractivity contribution in [3.8, 4) is 11.5 Å². The van der Waals surface area contributed by atoms with Gasteiger partial charge in [0.15, 0.2) is 11.5 Å². The standard InChI is InChI=1S/C16H25NO4/c1-5-21-15-9-12(6-7-14(15)18)10-17-13(8-11(2)3)16(19)20-4/h6-7,9,11,13,17-18H,5,8,10H2,1-4H3. The second kappa shape index (κ2) is 8.52. The Balaban J connectivity index is 2.70. The van der Waals surface area contributed by atoms with E-state index in [1.54, 1.807) is 18.2 Å². The van der Waals surface area contributed by atoms with E-state index >= 15 is 0 Å². The summed E-state index contributed by atoms with van der Waals surface area (Å²) < 4.78 is 10.2. The first kappa shape index (κ1) is 17.3. The molecule has 0 aliphatic rings. The van der Waals surface area contributed by atoms with Gasteiger partial charge in [0.25, 0.3) is 0 Å². The summed E-state index contributed by atoms with van der Waals surface area (Å²) in [5.74, 6) is 0.704. The van der Waals surface area contributed by atoms with E-state index < -0.39 is 0 Å². The summed E-state index contributed by atoms with van der Waals surface area (Å²) in [5.41, 5.74) is 0.939. The van der Waals surface area contributed by atoms with Crippen LogP contribution in [0.15, 0.2) is 18.2 Å². The molecule has 0 aliphatic heterocycles. The molecule has 0 fully saturated rings. The Labute approximate surface area is 126 Å². The molecule has 0 aromatic heterocycles. The maximum atomic E-state index is 11.7. The Hall–Kier alpha value is -1.75. The molecule has 0 bridgehead atoms. The van der Waals surface area contributed by atoms with Crippen molar-refractivity contribution in [3.05, 3.63) is 23.8 Å². The van der Waals surface area contributed by atoms with Crippen molar-refractivity contribution < 1.29 is 19.4 Å². The summed E-state index contributed by atoms with van der Waals surface area (Å²) in [5, 5.41) is 12.9. The number of carbonyl (C=O) groups excluding carboxylic acids is 1. The summed E-state index contributed by atoms with van der Waals surface area (Å²) >= 11 is 0. The number of benzene rings is 1. The predicted octanol–water partition coefficient (Wildman–Crippen LogP) is 2.47. The molecule has 0 radical (unpaired) electrons. The number of rotatable bonds is 8. The maximum Gasteiger partial charge on any atom is 0.322 e.